The first-order chi connectivity index (χ1) is 7.60. The Kier molecular flexibility index (Phi) is 3.99. The molecule has 1 aromatic carbocycles. The Bertz CT molecular complexity index is 386. The molecule has 0 atom stereocenters. The first-order valence-electron chi connectivity index (χ1n) is 4.89. The molecule has 0 aliphatic carbocycles. The van der Waals surface area contributed by atoms with Crippen LogP contribution in [-0.2, 0) is 6.42 Å². The summed E-state index contributed by atoms with van der Waals surface area (Å²) in [5.41, 5.74) is 0.559. The zero-order valence-electron chi connectivity index (χ0n) is 9.19. The number of phenols is 1. The van der Waals surface area contributed by atoms with Gasteiger partial charge in [0.25, 0.3) is 0 Å². The fourth-order valence-electron chi connectivity index (χ4n) is 1.46. The van der Waals surface area contributed by atoms with Crippen molar-refractivity contribution in [2.75, 3.05) is 7.11 Å². The number of carbonyl (C=O) groups is 1. The topological polar surface area (TPSA) is 76.0 Å². The van der Waals surface area contributed by atoms with Crippen molar-refractivity contribution in [3.05, 3.63) is 17.7 Å². The van der Waals surface area contributed by atoms with Gasteiger partial charge in [0.15, 0.2) is 11.5 Å². The molecule has 0 spiro atoms. The lowest BCUT2D eigenvalue weighted by molar-refractivity contribution is 0.142. The fraction of sp³-hybridized carbons (Fsp3) is 0.364. The molecule has 0 saturated heterocycles. The van der Waals surface area contributed by atoms with E-state index in [1.807, 2.05) is 6.92 Å². The molecule has 16 heavy (non-hydrogen) atoms. The van der Waals surface area contributed by atoms with E-state index in [0.717, 1.165) is 6.42 Å². The van der Waals surface area contributed by atoms with E-state index < -0.39 is 6.16 Å². The van der Waals surface area contributed by atoms with E-state index in [2.05, 4.69) is 4.74 Å². The van der Waals surface area contributed by atoms with Gasteiger partial charge in [0.2, 0.25) is 0 Å². The van der Waals surface area contributed by atoms with E-state index in [9.17, 15) is 9.90 Å². The summed E-state index contributed by atoms with van der Waals surface area (Å²) >= 11 is 0. The summed E-state index contributed by atoms with van der Waals surface area (Å²) in [4.78, 5) is 10.4. The lowest BCUT2D eigenvalue weighted by atomic mass is 10.1. The Hall–Kier alpha value is -1.91. The summed E-state index contributed by atoms with van der Waals surface area (Å²) in [6, 6.07) is 2.93. The molecule has 0 aromatic heterocycles. The number of rotatable bonds is 4. The molecule has 0 aliphatic rings. The molecule has 0 fully saturated rings. The highest BCUT2D eigenvalue weighted by molar-refractivity contribution is 5.64. The van der Waals surface area contributed by atoms with Gasteiger partial charge in [-0.2, -0.15) is 0 Å². The molecule has 5 nitrogen and oxygen atoms in total. The maximum atomic E-state index is 10.4. The Balaban J connectivity index is 3.14. The minimum Gasteiger partial charge on any atom is -0.504 e. The van der Waals surface area contributed by atoms with Crippen LogP contribution in [0.3, 0.4) is 0 Å². The monoisotopic (exact) mass is 226 g/mol. The van der Waals surface area contributed by atoms with Crippen LogP contribution >= 0.6 is 0 Å². The molecule has 1 rings (SSSR count). The lowest BCUT2D eigenvalue weighted by Crippen LogP contribution is -2.04. The van der Waals surface area contributed by atoms with Crippen LogP contribution in [0, 0.1) is 0 Å². The van der Waals surface area contributed by atoms with E-state index in [4.69, 9.17) is 9.84 Å². The third-order valence-corrected chi connectivity index (χ3v) is 2.12. The molecule has 0 unspecified atom stereocenters. The minimum atomic E-state index is -1.46. The standard InChI is InChI=1S/C11H14O5/c1-3-4-7-8(15-2)5-6-9(10(7)12)16-11(13)14/h5-6,12H,3-4H2,1-2H3,(H,13,14). The normalized spacial score (nSPS) is 9.88. The molecule has 88 valence electrons. The third-order valence-electron chi connectivity index (χ3n) is 2.12. The molecule has 0 bridgehead atoms. The lowest BCUT2D eigenvalue weighted by Gasteiger charge is -2.12. The highest BCUT2D eigenvalue weighted by atomic mass is 16.7. The Morgan fingerprint density at radius 1 is 1.38 bits per heavy atom. The number of phenolic OH excluding ortho intramolecular Hbond substituents is 1. The second-order valence-electron chi connectivity index (χ2n) is 3.21. The number of hydrogen-bond acceptors (Lipinski definition) is 4. The number of benzene rings is 1. The summed E-state index contributed by atoms with van der Waals surface area (Å²) in [5, 5.41) is 18.3. The van der Waals surface area contributed by atoms with Gasteiger partial charge in [-0.05, 0) is 18.6 Å². The average Bonchev–Trinajstić information content (AvgIpc) is 2.24. The summed E-state index contributed by atoms with van der Waals surface area (Å²) in [7, 11) is 1.49. The predicted molar refractivity (Wildman–Crippen MR) is 57.3 cm³/mol. The van der Waals surface area contributed by atoms with Crippen molar-refractivity contribution in [1.82, 2.24) is 0 Å². The van der Waals surface area contributed by atoms with E-state index in [1.165, 1.54) is 13.2 Å². The third kappa shape index (κ3) is 2.56. The quantitative estimate of drug-likeness (QED) is 0.609. The van der Waals surface area contributed by atoms with E-state index >= 15 is 0 Å². The maximum Gasteiger partial charge on any atom is 0.511 e. The summed E-state index contributed by atoms with van der Waals surface area (Å²) < 4.78 is 9.52. The Morgan fingerprint density at radius 2 is 2.00 bits per heavy atom. The van der Waals surface area contributed by atoms with Crippen LogP contribution in [0.25, 0.3) is 0 Å². The number of hydrogen-bond donors (Lipinski definition) is 2. The zero-order chi connectivity index (χ0) is 12.1. The van der Waals surface area contributed by atoms with Crippen molar-refractivity contribution >= 4 is 6.16 Å². The van der Waals surface area contributed by atoms with Crippen LogP contribution in [0.1, 0.15) is 18.9 Å². The van der Waals surface area contributed by atoms with Gasteiger partial charge in [0.1, 0.15) is 5.75 Å². The highest BCUT2D eigenvalue weighted by Crippen LogP contribution is 2.37. The molecule has 0 saturated carbocycles. The van der Waals surface area contributed by atoms with Crippen LogP contribution < -0.4 is 9.47 Å². The molecular formula is C11H14O5. The predicted octanol–water partition coefficient (Wildman–Crippen LogP) is 2.41. The highest BCUT2D eigenvalue weighted by Gasteiger charge is 2.15. The van der Waals surface area contributed by atoms with Crippen LogP contribution in [0.4, 0.5) is 4.79 Å². The molecule has 2 N–H and O–H groups in total. The van der Waals surface area contributed by atoms with Gasteiger partial charge in [-0.1, -0.05) is 13.3 Å². The van der Waals surface area contributed by atoms with Gasteiger partial charge in [0, 0.05) is 5.56 Å². The first kappa shape index (κ1) is 12.2. The van der Waals surface area contributed by atoms with Gasteiger partial charge in [0.05, 0.1) is 7.11 Å². The number of methoxy groups -OCH3 is 1. The van der Waals surface area contributed by atoms with E-state index in [1.54, 1.807) is 6.07 Å². The second kappa shape index (κ2) is 5.25. The molecule has 0 amide bonds. The second-order valence-corrected chi connectivity index (χ2v) is 3.21. The van der Waals surface area contributed by atoms with Crippen LogP contribution in [0.5, 0.6) is 17.2 Å². The van der Waals surface area contributed by atoms with Crippen molar-refractivity contribution < 1.29 is 24.5 Å². The fourth-order valence-corrected chi connectivity index (χ4v) is 1.46. The van der Waals surface area contributed by atoms with Gasteiger partial charge in [-0.25, -0.2) is 4.79 Å². The van der Waals surface area contributed by atoms with Crippen LogP contribution in [0.15, 0.2) is 12.1 Å². The molecule has 0 aliphatic heterocycles. The Labute approximate surface area is 93.2 Å². The summed E-state index contributed by atoms with van der Waals surface area (Å²) in [6.07, 6.45) is -0.0605. The van der Waals surface area contributed by atoms with Gasteiger partial charge in [-0.15, -0.1) is 0 Å². The molecule has 5 heteroatoms. The smallest absolute Gasteiger partial charge is 0.504 e. The van der Waals surface area contributed by atoms with E-state index in [0.29, 0.717) is 17.7 Å². The van der Waals surface area contributed by atoms with Crippen LogP contribution in [-0.4, -0.2) is 23.5 Å². The van der Waals surface area contributed by atoms with E-state index in [-0.39, 0.29) is 11.5 Å². The van der Waals surface area contributed by atoms with Crippen molar-refractivity contribution in [2.45, 2.75) is 19.8 Å². The Morgan fingerprint density at radius 3 is 2.50 bits per heavy atom. The summed E-state index contributed by atoms with van der Waals surface area (Å²) in [5.74, 6) is 0.275. The summed E-state index contributed by atoms with van der Waals surface area (Å²) in [6.45, 7) is 1.95. The van der Waals surface area contributed by atoms with Gasteiger partial charge < -0.3 is 19.7 Å². The van der Waals surface area contributed by atoms with Crippen LogP contribution in [0.2, 0.25) is 0 Å². The zero-order valence-corrected chi connectivity index (χ0v) is 9.19. The van der Waals surface area contributed by atoms with Crippen molar-refractivity contribution in [3.63, 3.8) is 0 Å². The van der Waals surface area contributed by atoms with Crippen molar-refractivity contribution in [3.8, 4) is 17.2 Å². The number of aromatic hydroxyl groups is 1. The SMILES string of the molecule is CCCc1c(OC)ccc(OC(=O)O)c1O. The number of ether oxygens (including phenoxy) is 2. The largest absolute Gasteiger partial charge is 0.511 e. The molecule has 0 heterocycles. The van der Waals surface area contributed by atoms with Crippen molar-refractivity contribution in [2.24, 2.45) is 0 Å². The molecule has 1 aromatic rings. The molecule has 0 radical (unpaired) electrons. The molecular weight excluding hydrogens is 212 g/mol. The number of carboxylic acid groups (broad SMARTS) is 1. The minimum absolute atomic E-state index is 0.0725. The van der Waals surface area contributed by atoms with Gasteiger partial charge >= 0.3 is 6.16 Å². The first-order valence-corrected chi connectivity index (χ1v) is 4.89. The van der Waals surface area contributed by atoms with Crippen molar-refractivity contribution in [1.29, 1.82) is 0 Å². The average molecular weight is 226 g/mol. The maximum absolute atomic E-state index is 10.4. The van der Waals surface area contributed by atoms with Gasteiger partial charge in [-0.3, -0.25) is 0 Å².